The number of nitrogens with one attached hydrogen (secondary N) is 1. The Morgan fingerprint density at radius 1 is 1.44 bits per heavy atom. The fourth-order valence-electron chi connectivity index (χ4n) is 2.46. The third-order valence-corrected chi connectivity index (χ3v) is 3.78. The Morgan fingerprint density at radius 2 is 2.25 bits per heavy atom. The number of fused-ring (bicyclic) bond motifs is 1. The smallest absolute Gasteiger partial charge is 0.177 e. The second-order valence-electron chi connectivity index (χ2n) is 4.45. The summed E-state index contributed by atoms with van der Waals surface area (Å²) in [5.74, 6) is 0.636. The van der Waals surface area contributed by atoms with Crippen molar-refractivity contribution in [3.05, 3.63) is 52.1 Å². The molecule has 1 heterocycles. The van der Waals surface area contributed by atoms with Crippen LogP contribution in [0.5, 0.6) is 0 Å². The summed E-state index contributed by atoms with van der Waals surface area (Å²) in [5.41, 5.74) is 4.20. The Morgan fingerprint density at radius 3 is 2.94 bits per heavy atom. The lowest BCUT2D eigenvalue weighted by atomic mass is 9.77. The Kier molecular flexibility index (Phi) is 2.21. The van der Waals surface area contributed by atoms with E-state index in [1.54, 1.807) is 0 Å². The lowest BCUT2D eigenvalue weighted by Gasteiger charge is -2.30. The van der Waals surface area contributed by atoms with Crippen molar-refractivity contribution < 1.29 is 0 Å². The van der Waals surface area contributed by atoms with Crippen LogP contribution in [0, 0.1) is 11.7 Å². The highest BCUT2D eigenvalue weighted by molar-refractivity contribution is 7.71. The molecule has 0 amide bonds. The summed E-state index contributed by atoms with van der Waals surface area (Å²) in [5, 5.41) is 0. The molecule has 2 aromatic rings. The van der Waals surface area contributed by atoms with Gasteiger partial charge in [0.15, 0.2) is 4.77 Å². The van der Waals surface area contributed by atoms with Crippen LogP contribution in [0.4, 0.5) is 0 Å². The second kappa shape index (κ2) is 3.59. The molecule has 1 N–H and O–H groups in total. The van der Waals surface area contributed by atoms with Gasteiger partial charge in [0.2, 0.25) is 0 Å². The molecule has 1 aromatic carbocycles. The third kappa shape index (κ3) is 1.43. The van der Waals surface area contributed by atoms with Gasteiger partial charge >= 0.3 is 0 Å². The van der Waals surface area contributed by atoms with E-state index in [2.05, 4.69) is 40.7 Å². The molecule has 0 fully saturated rings. The molecule has 1 aliphatic carbocycles. The largest absolute Gasteiger partial charge is 0.337 e. The monoisotopic (exact) mass is 230 g/mol. The molecule has 0 bridgehead atoms. The molecule has 0 aliphatic heterocycles. The summed E-state index contributed by atoms with van der Waals surface area (Å²) in [6, 6.07) is 8.68. The van der Waals surface area contributed by atoms with E-state index in [-0.39, 0.29) is 0 Å². The van der Waals surface area contributed by atoms with Crippen LogP contribution >= 0.6 is 12.2 Å². The Balaban J connectivity index is 1.87. The molecule has 16 heavy (non-hydrogen) atoms. The van der Waals surface area contributed by atoms with E-state index >= 15 is 0 Å². The maximum absolute atomic E-state index is 5.27. The zero-order valence-electron chi connectivity index (χ0n) is 9.23. The summed E-state index contributed by atoms with van der Waals surface area (Å²) < 4.78 is 3.03. The van der Waals surface area contributed by atoms with Crippen LogP contribution in [0.2, 0.25) is 0 Å². The van der Waals surface area contributed by atoms with Gasteiger partial charge in [-0.15, -0.1) is 0 Å². The van der Waals surface area contributed by atoms with Crippen molar-refractivity contribution in [1.82, 2.24) is 9.55 Å². The number of imidazole rings is 1. The second-order valence-corrected chi connectivity index (χ2v) is 4.83. The Labute approximate surface area is 99.9 Å². The minimum absolute atomic E-state index is 0.636. The number of hydrogen-bond acceptors (Lipinski definition) is 1. The molecule has 1 unspecified atom stereocenters. The van der Waals surface area contributed by atoms with Crippen molar-refractivity contribution in [3.8, 4) is 0 Å². The molecule has 2 nitrogen and oxygen atoms in total. The first kappa shape index (κ1) is 9.85. The average molecular weight is 230 g/mol. The number of nitrogens with zero attached hydrogens (tertiary/aromatic N) is 1. The SMILES string of the molecule is Cc1c[nH]c(=S)n1CC1Cc2ccccc21. The van der Waals surface area contributed by atoms with Crippen LogP contribution < -0.4 is 0 Å². The molecule has 0 saturated heterocycles. The number of aromatic nitrogens is 2. The van der Waals surface area contributed by atoms with Crippen molar-refractivity contribution in [2.24, 2.45) is 0 Å². The number of aromatic amines is 1. The van der Waals surface area contributed by atoms with Crippen molar-refractivity contribution >= 4 is 12.2 Å². The van der Waals surface area contributed by atoms with Crippen LogP contribution in [0.1, 0.15) is 22.7 Å². The highest BCUT2D eigenvalue weighted by Gasteiger charge is 2.25. The van der Waals surface area contributed by atoms with E-state index in [1.165, 1.54) is 23.2 Å². The van der Waals surface area contributed by atoms with E-state index in [9.17, 15) is 0 Å². The molecule has 3 rings (SSSR count). The van der Waals surface area contributed by atoms with Crippen LogP contribution in [0.15, 0.2) is 30.5 Å². The maximum Gasteiger partial charge on any atom is 0.177 e. The average Bonchev–Trinajstić information content (AvgIpc) is 2.56. The first-order chi connectivity index (χ1) is 7.75. The normalized spacial score (nSPS) is 17.9. The van der Waals surface area contributed by atoms with Crippen molar-refractivity contribution in [1.29, 1.82) is 0 Å². The zero-order valence-corrected chi connectivity index (χ0v) is 10.1. The topological polar surface area (TPSA) is 20.7 Å². The lowest BCUT2D eigenvalue weighted by Crippen LogP contribution is -2.22. The molecule has 1 atom stereocenters. The van der Waals surface area contributed by atoms with E-state index in [1.807, 2.05) is 6.20 Å². The summed E-state index contributed by atoms with van der Waals surface area (Å²) in [7, 11) is 0. The molecule has 1 aromatic heterocycles. The molecule has 0 spiro atoms. The summed E-state index contributed by atoms with van der Waals surface area (Å²) in [6.45, 7) is 3.10. The number of H-pyrrole nitrogens is 1. The van der Waals surface area contributed by atoms with Gasteiger partial charge in [-0.3, -0.25) is 0 Å². The first-order valence-electron chi connectivity index (χ1n) is 5.58. The fraction of sp³-hybridized carbons (Fsp3) is 0.308. The van der Waals surface area contributed by atoms with Gasteiger partial charge in [0, 0.05) is 24.4 Å². The Hall–Kier alpha value is -1.35. The predicted octanol–water partition coefficient (Wildman–Crippen LogP) is 3.19. The van der Waals surface area contributed by atoms with Gasteiger partial charge in [0.05, 0.1) is 0 Å². The van der Waals surface area contributed by atoms with Crippen LogP contribution in [0.25, 0.3) is 0 Å². The molecular weight excluding hydrogens is 216 g/mol. The van der Waals surface area contributed by atoms with Gasteiger partial charge in [-0.1, -0.05) is 24.3 Å². The standard InChI is InChI=1S/C13H14N2S/c1-9-7-14-13(16)15(9)8-11-6-10-4-2-3-5-12(10)11/h2-5,7,11H,6,8H2,1H3,(H,14,16). The van der Waals surface area contributed by atoms with Crippen molar-refractivity contribution in [2.45, 2.75) is 25.8 Å². The lowest BCUT2D eigenvalue weighted by molar-refractivity contribution is 0.499. The number of benzene rings is 1. The van der Waals surface area contributed by atoms with Crippen LogP contribution in [0.3, 0.4) is 0 Å². The van der Waals surface area contributed by atoms with Gasteiger partial charge in [0.1, 0.15) is 0 Å². The van der Waals surface area contributed by atoms with Gasteiger partial charge < -0.3 is 9.55 Å². The van der Waals surface area contributed by atoms with E-state index in [0.717, 1.165) is 11.3 Å². The Bertz CT molecular complexity index is 580. The first-order valence-corrected chi connectivity index (χ1v) is 5.99. The van der Waals surface area contributed by atoms with Gasteiger partial charge in [-0.2, -0.15) is 0 Å². The highest BCUT2D eigenvalue weighted by Crippen LogP contribution is 2.36. The quantitative estimate of drug-likeness (QED) is 0.786. The summed E-state index contributed by atoms with van der Waals surface area (Å²) >= 11 is 5.27. The molecule has 0 saturated carbocycles. The number of rotatable bonds is 2. The van der Waals surface area contributed by atoms with Gasteiger partial charge in [-0.25, -0.2) is 0 Å². The third-order valence-electron chi connectivity index (χ3n) is 3.44. The maximum atomic E-state index is 5.27. The van der Waals surface area contributed by atoms with Gasteiger partial charge in [0.25, 0.3) is 0 Å². The zero-order chi connectivity index (χ0) is 11.1. The minimum Gasteiger partial charge on any atom is -0.337 e. The van der Waals surface area contributed by atoms with Crippen molar-refractivity contribution in [3.63, 3.8) is 0 Å². The molecule has 82 valence electrons. The van der Waals surface area contributed by atoms with E-state index in [0.29, 0.717) is 5.92 Å². The van der Waals surface area contributed by atoms with Crippen molar-refractivity contribution in [2.75, 3.05) is 0 Å². The summed E-state index contributed by atoms with van der Waals surface area (Å²) in [6.07, 6.45) is 3.16. The van der Waals surface area contributed by atoms with Gasteiger partial charge in [-0.05, 0) is 36.7 Å². The van der Waals surface area contributed by atoms with Crippen LogP contribution in [-0.2, 0) is 13.0 Å². The molecule has 3 heteroatoms. The minimum atomic E-state index is 0.636. The van der Waals surface area contributed by atoms with Crippen LogP contribution in [-0.4, -0.2) is 9.55 Å². The molecule has 1 aliphatic rings. The number of aryl methyl sites for hydroxylation is 1. The predicted molar refractivity (Wildman–Crippen MR) is 67.2 cm³/mol. The fourth-order valence-corrected chi connectivity index (χ4v) is 2.73. The van der Waals surface area contributed by atoms with E-state index in [4.69, 9.17) is 12.2 Å². The highest BCUT2D eigenvalue weighted by atomic mass is 32.1. The number of hydrogen-bond donors (Lipinski definition) is 1. The summed E-state index contributed by atoms with van der Waals surface area (Å²) in [4.78, 5) is 3.09. The molecular formula is C13H14N2S. The molecule has 0 radical (unpaired) electrons. The van der Waals surface area contributed by atoms with E-state index < -0.39 is 0 Å².